The zero-order chi connectivity index (χ0) is 9.84. The van der Waals surface area contributed by atoms with Crippen LogP contribution in [0.1, 0.15) is 13.8 Å². The molecular weight excluding hydrogens is 162 g/mol. The van der Waals surface area contributed by atoms with Gasteiger partial charge in [-0.15, -0.1) is 0 Å². The van der Waals surface area contributed by atoms with Gasteiger partial charge in [0.2, 0.25) is 0 Å². The van der Waals surface area contributed by atoms with Crippen LogP contribution in [0.5, 0.6) is 0 Å². The summed E-state index contributed by atoms with van der Waals surface area (Å²) in [6.45, 7) is 3.77. The highest BCUT2D eigenvalue weighted by Crippen LogP contribution is 2.16. The highest BCUT2D eigenvalue weighted by atomic mass is 16.3. The van der Waals surface area contributed by atoms with Gasteiger partial charge in [0.05, 0.1) is 0 Å². The second-order valence-corrected chi connectivity index (χ2v) is 3.22. The molecule has 0 saturated heterocycles. The lowest BCUT2D eigenvalue weighted by molar-refractivity contribution is 0.390. The summed E-state index contributed by atoms with van der Waals surface area (Å²) < 4.78 is 0. The Bertz CT molecular complexity index is 299. The molecule has 0 fully saturated rings. The summed E-state index contributed by atoms with van der Waals surface area (Å²) in [4.78, 5) is 1.76. The lowest BCUT2D eigenvalue weighted by Gasteiger charge is -2.18. The van der Waals surface area contributed by atoms with Gasteiger partial charge in [-0.3, -0.25) is 0 Å². The van der Waals surface area contributed by atoms with E-state index in [1.807, 2.05) is 51.2 Å². The molecule has 0 aromatic heterocycles. The van der Waals surface area contributed by atoms with Crippen molar-refractivity contribution < 1.29 is 5.11 Å². The summed E-state index contributed by atoms with van der Waals surface area (Å²) in [7, 11) is 1.84. The van der Waals surface area contributed by atoms with E-state index in [2.05, 4.69) is 0 Å². The van der Waals surface area contributed by atoms with Crippen LogP contribution >= 0.6 is 0 Å². The molecule has 1 N–H and O–H groups in total. The molecule has 0 radical (unpaired) electrons. The average molecular weight is 177 g/mol. The molecule has 0 aliphatic heterocycles. The second kappa shape index (κ2) is 3.99. The molecule has 1 rings (SSSR count). The van der Waals surface area contributed by atoms with Crippen molar-refractivity contribution >= 4 is 5.69 Å². The number of aliphatic hydroxyl groups excluding tert-OH is 1. The SMILES string of the molecule is CC(C)=C(O)N(C)c1ccccc1. The van der Waals surface area contributed by atoms with Gasteiger partial charge in [-0.1, -0.05) is 18.2 Å². The highest BCUT2D eigenvalue weighted by molar-refractivity contribution is 5.49. The van der Waals surface area contributed by atoms with Crippen molar-refractivity contribution in [2.24, 2.45) is 0 Å². The van der Waals surface area contributed by atoms with E-state index in [9.17, 15) is 5.11 Å². The number of hydrogen-bond donors (Lipinski definition) is 1. The van der Waals surface area contributed by atoms with Crippen LogP contribution in [0, 0.1) is 0 Å². The van der Waals surface area contributed by atoms with Crippen molar-refractivity contribution in [1.29, 1.82) is 0 Å². The summed E-state index contributed by atoms with van der Waals surface area (Å²) in [5, 5.41) is 9.65. The Morgan fingerprint density at radius 3 is 2.15 bits per heavy atom. The molecule has 70 valence electrons. The van der Waals surface area contributed by atoms with Crippen LogP contribution in [0.15, 0.2) is 41.8 Å². The van der Waals surface area contributed by atoms with Gasteiger partial charge in [0, 0.05) is 12.7 Å². The number of aliphatic hydroxyl groups is 1. The third-order valence-corrected chi connectivity index (χ3v) is 1.91. The number of rotatable bonds is 2. The molecule has 0 heterocycles. The Balaban J connectivity index is 2.93. The molecule has 0 aliphatic rings. The molecule has 0 spiro atoms. The third kappa shape index (κ3) is 2.25. The van der Waals surface area contributed by atoms with Gasteiger partial charge in [0.1, 0.15) is 0 Å². The monoisotopic (exact) mass is 177 g/mol. The predicted molar refractivity (Wildman–Crippen MR) is 55.8 cm³/mol. The minimum Gasteiger partial charge on any atom is -0.494 e. The quantitative estimate of drug-likeness (QED) is 0.702. The molecule has 2 nitrogen and oxygen atoms in total. The first-order valence-corrected chi connectivity index (χ1v) is 4.28. The normalized spacial score (nSPS) is 9.46. The van der Waals surface area contributed by atoms with Crippen molar-refractivity contribution in [2.45, 2.75) is 13.8 Å². The fourth-order valence-electron chi connectivity index (χ4n) is 1.11. The van der Waals surface area contributed by atoms with E-state index >= 15 is 0 Å². The van der Waals surface area contributed by atoms with Crippen molar-refractivity contribution in [3.8, 4) is 0 Å². The minimum absolute atomic E-state index is 0.311. The van der Waals surface area contributed by atoms with Crippen LogP contribution in [0.2, 0.25) is 0 Å². The van der Waals surface area contributed by atoms with E-state index < -0.39 is 0 Å². The zero-order valence-corrected chi connectivity index (χ0v) is 8.28. The number of nitrogens with zero attached hydrogens (tertiary/aromatic N) is 1. The smallest absolute Gasteiger partial charge is 0.189 e. The summed E-state index contributed by atoms with van der Waals surface area (Å²) in [5.41, 5.74) is 1.90. The van der Waals surface area contributed by atoms with Gasteiger partial charge in [-0.25, -0.2) is 0 Å². The van der Waals surface area contributed by atoms with Crippen LogP contribution in [0.3, 0.4) is 0 Å². The molecule has 0 atom stereocenters. The molecule has 0 aliphatic carbocycles. The second-order valence-electron chi connectivity index (χ2n) is 3.22. The summed E-state index contributed by atoms with van der Waals surface area (Å²) in [6.07, 6.45) is 0. The van der Waals surface area contributed by atoms with Crippen LogP contribution in [0.25, 0.3) is 0 Å². The van der Waals surface area contributed by atoms with E-state index in [0.717, 1.165) is 11.3 Å². The van der Waals surface area contributed by atoms with Gasteiger partial charge in [0.15, 0.2) is 5.88 Å². The Hall–Kier alpha value is -1.44. The van der Waals surface area contributed by atoms with Crippen LogP contribution in [0.4, 0.5) is 5.69 Å². The predicted octanol–water partition coefficient (Wildman–Crippen LogP) is 2.93. The van der Waals surface area contributed by atoms with Crippen molar-refractivity contribution in [3.05, 3.63) is 41.8 Å². The Labute approximate surface area is 79.1 Å². The number of hydrogen-bond acceptors (Lipinski definition) is 2. The number of anilines is 1. The fourth-order valence-corrected chi connectivity index (χ4v) is 1.11. The largest absolute Gasteiger partial charge is 0.494 e. The fraction of sp³-hybridized carbons (Fsp3) is 0.273. The molecule has 1 aromatic rings. The van der Waals surface area contributed by atoms with E-state index in [0.29, 0.717) is 5.88 Å². The van der Waals surface area contributed by atoms with E-state index in [4.69, 9.17) is 0 Å². The van der Waals surface area contributed by atoms with Gasteiger partial charge in [-0.2, -0.15) is 0 Å². The topological polar surface area (TPSA) is 23.5 Å². The van der Waals surface area contributed by atoms with Crippen molar-refractivity contribution in [1.82, 2.24) is 0 Å². The molecule has 0 amide bonds. The Kier molecular flexibility index (Phi) is 2.96. The van der Waals surface area contributed by atoms with Gasteiger partial charge in [-0.05, 0) is 31.6 Å². The van der Waals surface area contributed by atoms with Crippen LogP contribution in [-0.2, 0) is 0 Å². The Morgan fingerprint density at radius 2 is 1.69 bits per heavy atom. The first-order chi connectivity index (χ1) is 6.13. The summed E-state index contributed by atoms with van der Waals surface area (Å²) >= 11 is 0. The maximum Gasteiger partial charge on any atom is 0.189 e. The number of benzene rings is 1. The molecule has 1 aromatic carbocycles. The lowest BCUT2D eigenvalue weighted by atomic mass is 10.3. The average Bonchev–Trinajstić information content (AvgIpc) is 2.17. The maximum atomic E-state index is 9.65. The van der Waals surface area contributed by atoms with Gasteiger partial charge >= 0.3 is 0 Å². The van der Waals surface area contributed by atoms with Crippen LogP contribution < -0.4 is 4.90 Å². The first-order valence-electron chi connectivity index (χ1n) is 4.28. The molecule has 13 heavy (non-hydrogen) atoms. The summed E-state index contributed by atoms with van der Waals surface area (Å²) in [6, 6.07) is 9.77. The number of allylic oxidation sites excluding steroid dienone is 1. The molecule has 2 heteroatoms. The number of para-hydroxylation sites is 1. The Morgan fingerprint density at radius 1 is 1.15 bits per heavy atom. The van der Waals surface area contributed by atoms with Crippen molar-refractivity contribution in [3.63, 3.8) is 0 Å². The summed E-state index contributed by atoms with van der Waals surface area (Å²) in [5.74, 6) is 0.311. The minimum atomic E-state index is 0.311. The van der Waals surface area contributed by atoms with E-state index in [1.54, 1.807) is 4.90 Å². The lowest BCUT2D eigenvalue weighted by Crippen LogP contribution is -2.16. The van der Waals surface area contributed by atoms with E-state index in [-0.39, 0.29) is 0 Å². The maximum absolute atomic E-state index is 9.65. The third-order valence-electron chi connectivity index (χ3n) is 1.91. The molecule has 0 bridgehead atoms. The van der Waals surface area contributed by atoms with E-state index in [1.165, 1.54) is 0 Å². The highest BCUT2D eigenvalue weighted by Gasteiger charge is 2.04. The first kappa shape index (κ1) is 9.65. The van der Waals surface area contributed by atoms with Crippen LogP contribution in [-0.4, -0.2) is 12.2 Å². The van der Waals surface area contributed by atoms with Gasteiger partial charge in [0.25, 0.3) is 0 Å². The zero-order valence-electron chi connectivity index (χ0n) is 8.28. The standard InChI is InChI=1S/C11H15NO/c1-9(2)11(13)12(3)10-7-5-4-6-8-10/h4-8,13H,1-3H3. The van der Waals surface area contributed by atoms with Gasteiger partial charge < -0.3 is 10.0 Å². The molecule has 0 saturated carbocycles. The molecule has 0 unspecified atom stereocenters. The van der Waals surface area contributed by atoms with Crippen molar-refractivity contribution in [2.75, 3.05) is 11.9 Å². The molecular formula is C11H15NO.